The fraction of sp³-hybridized carbons (Fsp3) is 0.400. The van der Waals surface area contributed by atoms with Crippen molar-refractivity contribution in [3.8, 4) is 5.75 Å². The first-order chi connectivity index (χ1) is 12.5. The van der Waals surface area contributed by atoms with Crippen molar-refractivity contribution in [2.45, 2.75) is 39.5 Å². The van der Waals surface area contributed by atoms with Crippen LogP contribution < -0.4 is 10.1 Å². The van der Waals surface area contributed by atoms with Gasteiger partial charge in [0.1, 0.15) is 12.4 Å². The quantitative estimate of drug-likeness (QED) is 0.425. The number of nitrogens with one attached hydrogen (secondary N) is 1. The van der Waals surface area contributed by atoms with Crippen LogP contribution in [-0.2, 0) is 17.9 Å². The second-order valence-electron chi connectivity index (χ2n) is 6.24. The van der Waals surface area contributed by atoms with E-state index in [1.165, 1.54) is 0 Å². The minimum Gasteiger partial charge on any atom is -0.489 e. The number of ether oxygens (including phenoxy) is 2. The summed E-state index contributed by atoms with van der Waals surface area (Å²) in [5.74, 6) is 0.852. The Bertz CT molecular complexity index is 710. The first kappa shape index (κ1) is 21.5. The summed E-state index contributed by atoms with van der Waals surface area (Å²) >= 11 is 15.5. The summed E-state index contributed by atoms with van der Waals surface area (Å²) in [6, 6.07) is 11.5. The number of rotatable bonds is 10. The zero-order valence-corrected chi connectivity index (χ0v) is 18.1. The lowest BCUT2D eigenvalue weighted by atomic mass is 10.2. The normalized spacial score (nSPS) is 11.2. The Morgan fingerprint density at radius 1 is 1.08 bits per heavy atom. The first-order valence-electron chi connectivity index (χ1n) is 8.63. The van der Waals surface area contributed by atoms with E-state index in [1.54, 1.807) is 6.07 Å². The summed E-state index contributed by atoms with van der Waals surface area (Å²) < 4.78 is 12.6. The topological polar surface area (TPSA) is 30.5 Å². The molecule has 142 valence electrons. The van der Waals surface area contributed by atoms with E-state index in [2.05, 4.69) is 27.3 Å². The molecule has 6 heteroatoms. The van der Waals surface area contributed by atoms with Gasteiger partial charge >= 0.3 is 0 Å². The van der Waals surface area contributed by atoms with Crippen LogP contribution in [0.5, 0.6) is 5.75 Å². The van der Waals surface area contributed by atoms with Gasteiger partial charge in [0.15, 0.2) is 0 Å². The lowest BCUT2D eigenvalue weighted by Crippen LogP contribution is -2.18. The largest absolute Gasteiger partial charge is 0.489 e. The molecule has 0 saturated carbocycles. The van der Waals surface area contributed by atoms with Crippen molar-refractivity contribution in [1.29, 1.82) is 0 Å². The van der Waals surface area contributed by atoms with Crippen molar-refractivity contribution < 1.29 is 9.47 Å². The van der Waals surface area contributed by atoms with Gasteiger partial charge in [-0.25, -0.2) is 0 Å². The zero-order chi connectivity index (χ0) is 18.9. The molecule has 0 amide bonds. The van der Waals surface area contributed by atoms with E-state index in [1.807, 2.05) is 38.1 Å². The van der Waals surface area contributed by atoms with Gasteiger partial charge in [-0.1, -0.05) is 45.2 Å². The fourth-order valence-electron chi connectivity index (χ4n) is 2.36. The summed E-state index contributed by atoms with van der Waals surface area (Å²) in [6.07, 6.45) is 1.26. The van der Waals surface area contributed by atoms with E-state index in [4.69, 9.17) is 32.7 Å². The minimum absolute atomic E-state index is 0.279. The van der Waals surface area contributed by atoms with Crippen LogP contribution in [-0.4, -0.2) is 19.3 Å². The van der Waals surface area contributed by atoms with Crippen molar-refractivity contribution in [1.82, 2.24) is 5.32 Å². The second kappa shape index (κ2) is 11.2. The van der Waals surface area contributed by atoms with E-state index in [0.29, 0.717) is 16.7 Å². The van der Waals surface area contributed by atoms with Gasteiger partial charge in [0.25, 0.3) is 0 Å². The highest BCUT2D eigenvalue weighted by molar-refractivity contribution is 9.10. The zero-order valence-electron chi connectivity index (χ0n) is 15.0. The van der Waals surface area contributed by atoms with Crippen molar-refractivity contribution in [2.75, 3.05) is 13.2 Å². The van der Waals surface area contributed by atoms with Gasteiger partial charge in [0, 0.05) is 23.2 Å². The van der Waals surface area contributed by atoms with Gasteiger partial charge in [-0.2, -0.15) is 0 Å². The average Bonchev–Trinajstić information content (AvgIpc) is 2.60. The Balaban J connectivity index is 1.88. The number of halogens is 3. The molecule has 0 radical (unpaired) electrons. The predicted octanol–water partition coefficient (Wildman–Crippen LogP) is 6.24. The maximum atomic E-state index is 6.06. The Hall–Kier alpha value is -0.780. The van der Waals surface area contributed by atoms with Crippen LogP contribution in [0.4, 0.5) is 0 Å². The number of hydrogen-bond donors (Lipinski definition) is 1. The molecule has 0 unspecified atom stereocenters. The molecule has 0 aliphatic rings. The molecule has 2 aromatic rings. The summed E-state index contributed by atoms with van der Waals surface area (Å²) in [6.45, 7) is 6.93. The predicted molar refractivity (Wildman–Crippen MR) is 112 cm³/mol. The third-order valence-electron chi connectivity index (χ3n) is 3.67. The molecule has 26 heavy (non-hydrogen) atoms. The summed E-state index contributed by atoms with van der Waals surface area (Å²) in [7, 11) is 0. The smallest absolute Gasteiger partial charge is 0.124 e. The van der Waals surface area contributed by atoms with Crippen molar-refractivity contribution in [2.24, 2.45) is 0 Å². The molecule has 0 spiro atoms. The van der Waals surface area contributed by atoms with E-state index in [0.717, 1.165) is 47.5 Å². The van der Waals surface area contributed by atoms with E-state index in [-0.39, 0.29) is 6.10 Å². The lowest BCUT2D eigenvalue weighted by molar-refractivity contribution is 0.0770. The van der Waals surface area contributed by atoms with E-state index in [9.17, 15) is 0 Å². The van der Waals surface area contributed by atoms with Gasteiger partial charge in [0.2, 0.25) is 0 Å². The van der Waals surface area contributed by atoms with Crippen LogP contribution in [0.1, 0.15) is 31.4 Å². The number of hydrogen-bond acceptors (Lipinski definition) is 3. The summed E-state index contributed by atoms with van der Waals surface area (Å²) in [5, 5.41) is 4.52. The minimum atomic E-state index is 0.279. The average molecular weight is 461 g/mol. The fourth-order valence-corrected chi connectivity index (χ4v) is 3.09. The Morgan fingerprint density at radius 3 is 2.62 bits per heavy atom. The van der Waals surface area contributed by atoms with Gasteiger partial charge < -0.3 is 14.8 Å². The second-order valence-corrected chi connectivity index (χ2v) is 7.97. The first-order valence-corrected chi connectivity index (χ1v) is 10.2. The summed E-state index contributed by atoms with van der Waals surface area (Å²) in [5.41, 5.74) is 2.08. The molecule has 0 aliphatic carbocycles. The third kappa shape index (κ3) is 7.45. The maximum absolute atomic E-state index is 6.06. The van der Waals surface area contributed by atoms with E-state index >= 15 is 0 Å². The van der Waals surface area contributed by atoms with Crippen LogP contribution in [0, 0.1) is 0 Å². The Labute approximate surface area is 174 Å². The molecule has 0 aliphatic heterocycles. The molecule has 0 saturated heterocycles. The molecule has 0 heterocycles. The monoisotopic (exact) mass is 459 g/mol. The molecule has 0 aromatic heterocycles. The standard InChI is InChI=1S/C20H24BrCl2NO2/c1-14(2)25-9-3-8-24-12-16-11-17(21)5-7-20(16)26-13-15-4-6-18(22)19(23)10-15/h4-7,10-11,14,24H,3,8-9,12-13H2,1-2H3. The molecular weight excluding hydrogens is 437 g/mol. The van der Waals surface area contributed by atoms with Gasteiger partial charge in [-0.15, -0.1) is 0 Å². The highest BCUT2D eigenvalue weighted by Crippen LogP contribution is 2.26. The Kier molecular flexibility index (Phi) is 9.23. The van der Waals surface area contributed by atoms with Crippen LogP contribution in [0.2, 0.25) is 10.0 Å². The molecule has 3 nitrogen and oxygen atoms in total. The molecular formula is C20H24BrCl2NO2. The maximum Gasteiger partial charge on any atom is 0.124 e. The highest BCUT2D eigenvalue weighted by Gasteiger charge is 2.06. The molecule has 1 N–H and O–H groups in total. The molecule has 2 aromatic carbocycles. The molecule has 0 atom stereocenters. The van der Waals surface area contributed by atoms with Gasteiger partial charge in [-0.05, 0) is 62.7 Å². The molecule has 0 bridgehead atoms. The van der Waals surface area contributed by atoms with Crippen LogP contribution in [0.15, 0.2) is 40.9 Å². The van der Waals surface area contributed by atoms with Crippen LogP contribution in [0.3, 0.4) is 0 Å². The summed E-state index contributed by atoms with van der Waals surface area (Å²) in [4.78, 5) is 0. The van der Waals surface area contributed by atoms with E-state index < -0.39 is 0 Å². The van der Waals surface area contributed by atoms with Gasteiger partial charge in [0.05, 0.1) is 16.1 Å². The number of benzene rings is 2. The highest BCUT2D eigenvalue weighted by atomic mass is 79.9. The van der Waals surface area contributed by atoms with Crippen molar-refractivity contribution in [3.63, 3.8) is 0 Å². The molecule has 2 rings (SSSR count). The van der Waals surface area contributed by atoms with Crippen molar-refractivity contribution in [3.05, 3.63) is 62.0 Å². The third-order valence-corrected chi connectivity index (χ3v) is 4.90. The van der Waals surface area contributed by atoms with Gasteiger partial charge in [-0.3, -0.25) is 0 Å². The Morgan fingerprint density at radius 2 is 1.88 bits per heavy atom. The van der Waals surface area contributed by atoms with Crippen LogP contribution >= 0.6 is 39.1 Å². The van der Waals surface area contributed by atoms with Crippen LogP contribution in [0.25, 0.3) is 0 Å². The van der Waals surface area contributed by atoms with Crippen molar-refractivity contribution >= 4 is 39.1 Å². The SMILES string of the molecule is CC(C)OCCCNCc1cc(Br)ccc1OCc1ccc(Cl)c(Cl)c1. The lowest BCUT2D eigenvalue weighted by Gasteiger charge is -2.14. The molecule has 0 fully saturated rings.